The molecule has 0 aromatic carbocycles. The van der Waals surface area contributed by atoms with E-state index in [0.717, 1.165) is 71.4 Å². The number of piperidine rings is 2. The molecule has 0 aromatic heterocycles. The molecule has 176 valence electrons. The zero-order valence-electron chi connectivity index (χ0n) is 18.4. The summed E-state index contributed by atoms with van der Waals surface area (Å²) in [5, 5.41) is 10.9. The first-order valence-electron chi connectivity index (χ1n) is 12.3. The summed E-state index contributed by atoms with van der Waals surface area (Å²) in [6, 6.07) is 0.466. The summed E-state index contributed by atoms with van der Waals surface area (Å²) in [6.45, 7) is 4.04. The van der Waals surface area contributed by atoms with Gasteiger partial charge in [0.15, 0.2) is 0 Å². The Kier molecular flexibility index (Phi) is 7.07. The number of carbonyl (C=O) groups is 1. The van der Waals surface area contributed by atoms with Gasteiger partial charge >= 0.3 is 0 Å². The molecule has 5 rings (SSSR count). The van der Waals surface area contributed by atoms with Crippen molar-refractivity contribution in [2.24, 2.45) is 17.8 Å². The minimum absolute atomic E-state index is 0.0169. The third kappa shape index (κ3) is 5.07. The molecule has 31 heavy (non-hydrogen) atoms. The molecule has 5 aliphatic rings. The fourth-order valence-electron chi connectivity index (χ4n) is 5.87. The fourth-order valence-corrected chi connectivity index (χ4v) is 5.87. The lowest BCUT2D eigenvalue weighted by Gasteiger charge is -2.38. The Balaban J connectivity index is 1.07. The van der Waals surface area contributed by atoms with Crippen LogP contribution in [0.25, 0.3) is 0 Å². The number of hydrogen-bond donors (Lipinski definition) is 4. The van der Waals surface area contributed by atoms with E-state index in [4.69, 9.17) is 9.57 Å². The number of carbonyl (C=O) groups excluding carboxylic acids is 1. The van der Waals surface area contributed by atoms with Crippen LogP contribution in [0, 0.1) is 17.8 Å². The third-order valence-corrected chi connectivity index (χ3v) is 7.93. The van der Waals surface area contributed by atoms with Gasteiger partial charge in [-0.1, -0.05) is 12.8 Å². The lowest BCUT2D eigenvalue weighted by molar-refractivity contribution is -0.140. The number of amides is 1. The quantitative estimate of drug-likeness (QED) is 0.505. The molecule has 6 atom stereocenters. The topological polar surface area (TPSA) is 86.9 Å². The Morgan fingerprint density at radius 1 is 1.03 bits per heavy atom. The maximum absolute atomic E-state index is 14.2. The van der Waals surface area contributed by atoms with Gasteiger partial charge in [0, 0.05) is 19.0 Å². The predicted octanol–water partition coefficient (Wildman–Crippen LogP) is 0.844. The van der Waals surface area contributed by atoms with Gasteiger partial charge in [0.2, 0.25) is 5.91 Å². The Labute approximate surface area is 184 Å². The van der Waals surface area contributed by atoms with Gasteiger partial charge in [-0.05, 0) is 51.0 Å². The maximum Gasteiger partial charge on any atom is 0.228 e. The molecular formula is C22H38FN5O3. The van der Waals surface area contributed by atoms with Gasteiger partial charge in [0.25, 0.3) is 0 Å². The highest BCUT2D eigenvalue weighted by Gasteiger charge is 2.40. The van der Waals surface area contributed by atoms with E-state index < -0.39 is 12.1 Å². The normalized spacial score (nSPS) is 40.6. The van der Waals surface area contributed by atoms with Crippen molar-refractivity contribution >= 4 is 5.91 Å². The largest absolute Gasteiger partial charge is 0.378 e. The van der Waals surface area contributed by atoms with E-state index in [1.165, 1.54) is 0 Å². The van der Waals surface area contributed by atoms with Crippen molar-refractivity contribution in [1.29, 1.82) is 0 Å². The number of nitrogens with zero attached hydrogens (tertiary/aromatic N) is 1. The summed E-state index contributed by atoms with van der Waals surface area (Å²) in [5.41, 5.74) is 3.23. The number of likely N-dealkylation sites (tertiary alicyclic amines) is 1. The van der Waals surface area contributed by atoms with Crippen molar-refractivity contribution in [3.05, 3.63) is 0 Å². The Morgan fingerprint density at radius 3 is 2.58 bits per heavy atom. The molecule has 1 amide bonds. The Morgan fingerprint density at radius 2 is 1.84 bits per heavy atom. The number of nitrogens with one attached hydrogen (secondary N) is 4. The van der Waals surface area contributed by atoms with Crippen molar-refractivity contribution in [2.75, 3.05) is 32.8 Å². The molecule has 5 fully saturated rings. The summed E-state index contributed by atoms with van der Waals surface area (Å²) in [6.07, 6.45) is 6.60. The van der Waals surface area contributed by atoms with E-state index in [-0.39, 0.29) is 18.3 Å². The molecule has 4 heterocycles. The minimum Gasteiger partial charge on any atom is -0.378 e. The van der Waals surface area contributed by atoms with Crippen LogP contribution in [0.2, 0.25) is 0 Å². The molecule has 0 spiro atoms. The fraction of sp³-hybridized carbons (Fsp3) is 0.955. The van der Waals surface area contributed by atoms with Crippen LogP contribution in [0.3, 0.4) is 0 Å². The van der Waals surface area contributed by atoms with Crippen molar-refractivity contribution in [3.63, 3.8) is 0 Å². The smallest absolute Gasteiger partial charge is 0.228 e. The standard InChI is InChI=1S/C22H38FN5O3/c23-18-4-2-1-3-17(18)22(29)28-9-6-14(7-10-28)20-26-21(31-27-20)15-5-8-24-19(11-15)25-16-12-30-13-16/h14-21,24-27H,1-13H2. The second-order valence-electron chi connectivity index (χ2n) is 10.1. The molecule has 4 N–H and O–H groups in total. The molecule has 6 unspecified atom stereocenters. The summed E-state index contributed by atoms with van der Waals surface area (Å²) < 4.78 is 19.5. The van der Waals surface area contributed by atoms with Crippen molar-refractivity contribution in [2.45, 2.75) is 82.1 Å². The Bertz CT molecular complexity index is 616. The lowest BCUT2D eigenvalue weighted by Crippen LogP contribution is -2.58. The zero-order valence-corrected chi connectivity index (χ0v) is 18.4. The summed E-state index contributed by atoms with van der Waals surface area (Å²) in [7, 11) is 0. The maximum atomic E-state index is 14.2. The first-order valence-corrected chi connectivity index (χ1v) is 12.3. The van der Waals surface area contributed by atoms with Crippen LogP contribution >= 0.6 is 0 Å². The highest BCUT2D eigenvalue weighted by atomic mass is 19.1. The number of halogens is 1. The highest BCUT2D eigenvalue weighted by Crippen LogP contribution is 2.31. The predicted molar refractivity (Wildman–Crippen MR) is 113 cm³/mol. The van der Waals surface area contributed by atoms with Crippen LogP contribution < -0.4 is 21.4 Å². The van der Waals surface area contributed by atoms with E-state index in [1.54, 1.807) is 0 Å². The molecule has 0 aromatic rings. The monoisotopic (exact) mass is 439 g/mol. The molecule has 8 nitrogen and oxygen atoms in total. The van der Waals surface area contributed by atoms with Crippen molar-refractivity contribution < 1.29 is 18.8 Å². The van der Waals surface area contributed by atoms with Crippen LogP contribution in [0.1, 0.15) is 51.4 Å². The number of alkyl halides is 1. The number of rotatable bonds is 5. The van der Waals surface area contributed by atoms with Gasteiger partial charge in [-0.2, -0.15) is 5.48 Å². The van der Waals surface area contributed by atoms with E-state index in [0.29, 0.717) is 36.9 Å². The van der Waals surface area contributed by atoms with Crippen LogP contribution in [0.4, 0.5) is 4.39 Å². The summed E-state index contributed by atoms with van der Waals surface area (Å²) >= 11 is 0. The molecule has 1 aliphatic carbocycles. The molecule has 4 saturated heterocycles. The average molecular weight is 440 g/mol. The first-order chi connectivity index (χ1) is 15.2. The number of hydroxylamine groups is 1. The zero-order chi connectivity index (χ0) is 21.2. The van der Waals surface area contributed by atoms with E-state index in [2.05, 4.69) is 21.4 Å². The van der Waals surface area contributed by atoms with Crippen LogP contribution in [0.5, 0.6) is 0 Å². The first kappa shape index (κ1) is 22.0. The molecule has 1 saturated carbocycles. The summed E-state index contributed by atoms with van der Waals surface area (Å²) in [4.78, 5) is 20.7. The van der Waals surface area contributed by atoms with E-state index in [1.807, 2.05) is 4.90 Å². The van der Waals surface area contributed by atoms with Crippen LogP contribution in [-0.2, 0) is 14.4 Å². The van der Waals surface area contributed by atoms with E-state index in [9.17, 15) is 9.18 Å². The van der Waals surface area contributed by atoms with Crippen molar-refractivity contribution in [3.8, 4) is 0 Å². The lowest BCUT2D eigenvalue weighted by atomic mass is 9.85. The second kappa shape index (κ2) is 9.97. The molecule has 4 aliphatic heterocycles. The van der Waals surface area contributed by atoms with E-state index >= 15 is 0 Å². The highest BCUT2D eigenvalue weighted by molar-refractivity contribution is 5.79. The van der Waals surface area contributed by atoms with Gasteiger partial charge in [-0.15, -0.1) is 0 Å². The van der Waals surface area contributed by atoms with Gasteiger partial charge in [-0.3, -0.25) is 20.3 Å². The molecule has 0 bridgehead atoms. The van der Waals surface area contributed by atoms with Crippen molar-refractivity contribution in [1.82, 2.24) is 26.3 Å². The van der Waals surface area contributed by atoms with Crippen LogP contribution in [-0.4, -0.2) is 74.4 Å². The second-order valence-corrected chi connectivity index (χ2v) is 10.1. The molecule has 9 heteroatoms. The molecule has 0 radical (unpaired) electrons. The van der Waals surface area contributed by atoms with Crippen LogP contribution in [0.15, 0.2) is 0 Å². The number of hydrogen-bond acceptors (Lipinski definition) is 7. The van der Waals surface area contributed by atoms with Gasteiger partial charge in [-0.25, -0.2) is 4.39 Å². The van der Waals surface area contributed by atoms with Gasteiger partial charge in [0.1, 0.15) is 12.4 Å². The Hall–Kier alpha value is -0.840. The van der Waals surface area contributed by atoms with Gasteiger partial charge in [0.05, 0.1) is 37.5 Å². The SMILES string of the molecule is O=C(C1CCCCC1F)N1CCC(C2NOC(C3CCNC(NC4COC4)C3)N2)CC1. The van der Waals surface area contributed by atoms with Gasteiger partial charge < -0.3 is 15.0 Å². The number of ether oxygens (including phenoxy) is 1. The average Bonchev–Trinajstić information content (AvgIpc) is 3.27. The third-order valence-electron chi connectivity index (χ3n) is 7.93. The minimum atomic E-state index is -0.952. The summed E-state index contributed by atoms with van der Waals surface area (Å²) in [5.74, 6) is 0.502. The molecular weight excluding hydrogens is 401 g/mol.